The van der Waals surface area contributed by atoms with Crippen molar-refractivity contribution in [1.82, 2.24) is 4.98 Å². The Labute approximate surface area is 140 Å². The summed E-state index contributed by atoms with van der Waals surface area (Å²) in [5.74, 6) is 0.271. The zero-order valence-corrected chi connectivity index (χ0v) is 14.0. The van der Waals surface area contributed by atoms with Gasteiger partial charge in [-0.2, -0.15) is 0 Å². The van der Waals surface area contributed by atoms with Crippen LogP contribution < -0.4 is 10.1 Å². The maximum absolute atomic E-state index is 12.5. The summed E-state index contributed by atoms with van der Waals surface area (Å²) in [5.41, 5.74) is 1.71. The van der Waals surface area contributed by atoms with Crippen molar-refractivity contribution in [3.05, 3.63) is 57.7 Å². The van der Waals surface area contributed by atoms with Gasteiger partial charge in [-0.1, -0.05) is 39.7 Å². The molecule has 0 aliphatic rings. The van der Waals surface area contributed by atoms with E-state index in [1.54, 1.807) is 19.2 Å². The number of aromatic amines is 1. The molecule has 22 heavy (non-hydrogen) atoms. The molecule has 0 atom stereocenters. The first-order valence-corrected chi connectivity index (χ1v) is 7.68. The molecule has 0 saturated carbocycles. The van der Waals surface area contributed by atoms with E-state index in [2.05, 4.69) is 26.2 Å². The van der Waals surface area contributed by atoms with Crippen molar-refractivity contribution in [2.45, 2.75) is 0 Å². The standard InChI is InChI=1S/C16H12BrClN2O2/c1-22-13-5-3-2-4-12(13)20-16(21)15-14(18)10-8-9(17)6-7-11(10)19-15/h2-8,19H,1H3,(H,20,21). The minimum absolute atomic E-state index is 0.318. The van der Waals surface area contributed by atoms with E-state index in [9.17, 15) is 4.79 Å². The molecule has 112 valence electrons. The number of H-pyrrole nitrogens is 1. The molecule has 0 aliphatic heterocycles. The molecule has 1 aromatic heterocycles. The van der Waals surface area contributed by atoms with E-state index in [-0.39, 0.29) is 5.91 Å². The molecular formula is C16H12BrClN2O2. The average Bonchev–Trinajstić information content (AvgIpc) is 2.85. The number of rotatable bonds is 3. The van der Waals surface area contributed by atoms with Crippen molar-refractivity contribution in [2.75, 3.05) is 12.4 Å². The lowest BCUT2D eigenvalue weighted by Gasteiger charge is -2.09. The number of ether oxygens (including phenoxy) is 1. The van der Waals surface area contributed by atoms with Gasteiger partial charge < -0.3 is 15.0 Å². The largest absolute Gasteiger partial charge is 0.495 e. The fraction of sp³-hybridized carbons (Fsp3) is 0.0625. The molecule has 0 bridgehead atoms. The number of hydrogen-bond donors (Lipinski definition) is 2. The Kier molecular flexibility index (Phi) is 4.09. The van der Waals surface area contributed by atoms with Crippen LogP contribution in [-0.4, -0.2) is 18.0 Å². The lowest BCUT2D eigenvalue weighted by Crippen LogP contribution is -2.13. The number of halogens is 2. The van der Waals surface area contributed by atoms with Gasteiger partial charge in [0, 0.05) is 15.4 Å². The van der Waals surface area contributed by atoms with E-state index in [1.807, 2.05) is 30.3 Å². The quantitative estimate of drug-likeness (QED) is 0.684. The number of methoxy groups -OCH3 is 1. The van der Waals surface area contributed by atoms with Crippen LogP contribution in [0.2, 0.25) is 5.02 Å². The molecule has 4 nitrogen and oxygen atoms in total. The Balaban J connectivity index is 1.97. The molecule has 0 aliphatic carbocycles. The Morgan fingerprint density at radius 1 is 1.27 bits per heavy atom. The number of fused-ring (bicyclic) bond motifs is 1. The Hall–Kier alpha value is -1.98. The molecule has 3 rings (SSSR count). The van der Waals surface area contributed by atoms with Crippen molar-refractivity contribution in [3.8, 4) is 5.75 Å². The van der Waals surface area contributed by atoms with Crippen LogP contribution in [0.25, 0.3) is 10.9 Å². The first-order chi connectivity index (χ1) is 10.6. The summed E-state index contributed by atoms with van der Waals surface area (Å²) in [6.45, 7) is 0. The average molecular weight is 380 g/mol. The van der Waals surface area contributed by atoms with Crippen molar-refractivity contribution in [2.24, 2.45) is 0 Å². The van der Waals surface area contributed by atoms with E-state index >= 15 is 0 Å². The summed E-state index contributed by atoms with van der Waals surface area (Å²) < 4.78 is 6.12. The minimum atomic E-state index is -0.318. The van der Waals surface area contributed by atoms with Crippen LogP contribution >= 0.6 is 27.5 Å². The van der Waals surface area contributed by atoms with Crippen LogP contribution in [0.15, 0.2) is 46.9 Å². The third-order valence-corrected chi connectivity index (χ3v) is 4.17. The van der Waals surface area contributed by atoms with Crippen LogP contribution in [0.4, 0.5) is 5.69 Å². The molecule has 0 saturated heterocycles. The van der Waals surface area contributed by atoms with Gasteiger partial charge in [-0.3, -0.25) is 4.79 Å². The zero-order chi connectivity index (χ0) is 15.7. The van der Waals surface area contributed by atoms with Gasteiger partial charge in [0.2, 0.25) is 0 Å². The molecule has 0 fully saturated rings. The monoisotopic (exact) mass is 378 g/mol. The van der Waals surface area contributed by atoms with Gasteiger partial charge in [0.1, 0.15) is 11.4 Å². The molecule has 0 spiro atoms. The molecule has 1 heterocycles. The predicted octanol–water partition coefficient (Wildman–Crippen LogP) is 4.84. The van der Waals surface area contributed by atoms with E-state index in [1.165, 1.54) is 0 Å². The van der Waals surface area contributed by atoms with E-state index in [0.717, 1.165) is 15.4 Å². The molecule has 6 heteroatoms. The first-order valence-electron chi connectivity index (χ1n) is 6.51. The normalized spacial score (nSPS) is 10.7. The van der Waals surface area contributed by atoms with Crippen LogP contribution in [0, 0.1) is 0 Å². The second kappa shape index (κ2) is 6.02. The van der Waals surface area contributed by atoms with Gasteiger partial charge in [0.05, 0.1) is 17.8 Å². The summed E-state index contributed by atoms with van der Waals surface area (Å²) in [4.78, 5) is 15.5. The molecule has 2 aromatic carbocycles. The number of benzene rings is 2. The van der Waals surface area contributed by atoms with Gasteiger partial charge in [-0.05, 0) is 30.3 Å². The SMILES string of the molecule is COc1ccccc1NC(=O)c1[nH]c2ccc(Br)cc2c1Cl. The summed E-state index contributed by atoms with van der Waals surface area (Å²) in [7, 11) is 1.55. The maximum atomic E-state index is 12.5. The summed E-state index contributed by atoms with van der Waals surface area (Å²) in [6, 6.07) is 12.8. The number of anilines is 1. The molecule has 3 aromatic rings. The number of hydrogen-bond acceptors (Lipinski definition) is 2. The third kappa shape index (κ3) is 2.69. The number of carbonyl (C=O) groups excluding carboxylic acids is 1. The van der Waals surface area contributed by atoms with E-state index in [4.69, 9.17) is 16.3 Å². The van der Waals surface area contributed by atoms with Gasteiger partial charge >= 0.3 is 0 Å². The lowest BCUT2D eigenvalue weighted by molar-refractivity contribution is 0.102. The zero-order valence-electron chi connectivity index (χ0n) is 11.6. The van der Waals surface area contributed by atoms with Crippen molar-refractivity contribution in [3.63, 3.8) is 0 Å². The Bertz CT molecular complexity index is 860. The van der Waals surface area contributed by atoms with Gasteiger partial charge in [0.15, 0.2) is 0 Å². The summed E-state index contributed by atoms with van der Waals surface area (Å²) in [6.07, 6.45) is 0. The van der Waals surface area contributed by atoms with Crippen LogP contribution in [0.1, 0.15) is 10.5 Å². The molecular weight excluding hydrogens is 368 g/mol. The summed E-state index contributed by atoms with van der Waals surface area (Å²) in [5, 5.41) is 3.99. The van der Waals surface area contributed by atoms with E-state index in [0.29, 0.717) is 22.2 Å². The highest BCUT2D eigenvalue weighted by Gasteiger charge is 2.17. The fourth-order valence-electron chi connectivity index (χ4n) is 2.22. The van der Waals surface area contributed by atoms with Crippen molar-refractivity contribution < 1.29 is 9.53 Å². The molecule has 1 amide bonds. The third-order valence-electron chi connectivity index (χ3n) is 3.28. The number of aromatic nitrogens is 1. The lowest BCUT2D eigenvalue weighted by atomic mass is 10.2. The van der Waals surface area contributed by atoms with Gasteiger partial charge in [-0.15, -0.1) is 0 Å². The number of para-hydroxylation sites is 2. The van der Waals surface area contributed by atoms with Crippen molar-refractivity contribution >= 4 is 50.0 Å². The molecule has 2 N–H and O–H groups in total. The number of nitrogens with one attached hydrogen (secondary N) is 2. The Morgan fingerprint density at radius 3 is 2.82 bits per heavy atom. The maximum Gasteiger partial charge on any atom is 0.273 e. The van der Waals surface area contributed by atoms with Crippen LogP contribution in [0.5, 0.6) is 5.75 Å². The highest BCUT2D eigenvalue weighted by molar-refractivity contribution is 9.10. The van der Waals surface area contributed by atoms with Crippen molar-refractivity contribution in [1.29, 1.82) is 0 Å². The van der Waals surface area contributed by atoms with Gasteiger partial charge in [0.25, 0.3) is 5.91 Å². The topological polar surface area (TPSA) is 54.1 Å². The predicted molar refractivity (Wildman–Crippen MR) is 92.0 cm³/mol. The second-order valence-electron chi connectivity index (χ2n) is 4.66. The van der Waals surface area contributed by atoms with Gasteiger partial charge in [-0.25, -0.2) is 0 Å². The van der Waals surface area contributed by atoms with Crippen LogP contribution in [-0.2, 0) is 0 Å². The Morgan fingerprint density at radius 2 is 2.05 bits per heavy atom. The van der Waals surface area contributed by atoms with Crippen LogP contribution in [0.3, 0.4) is 0 Å². The molecule has 0 radical (unpaired) electrons. The first kappa shape index (κ1) is 14.9. The highest BCUT2D eigenvalue weighted by atomic mass is 79.9. The number of amides is 1. The fourth-order valence-corrected chi connectivity index (χ4v) is 2.87. The van der Waals surface area contributed by atoms with E-state index < -0.39 is 0 Å². The molecule has 0 unspecified atom stereocenters. The summed E-state index contributed by atoms with van der Waals surface area (Å²) >= 11 is 9.72. The number of carbonyl (C=O) groups is 1. The highest BCUT2D eigenvalue weighted by Crippen LogP contribution is 2.31. The smallest absolute Gasteiger partial charge is 0.273 e. The second-order valence-corrected chi connectivity index (χ2v) is 5.95. The minimum Gasteiger partial charge on any atom is -0.495 e.